The standard InChI is InChI=1S/C7H7N6/c1-3-2-10-6-4(11-3)5(8)12-7(9)13-6/h2H,1H2,(H4,8,9,10,12,13). The highest BCUT2D eigenvalue weighted by Crippen LogP contribution is 2.13. The van der Waals surface area contributed by atoms with Gasteiger partial charge in [0.25, 0.3) is 0 Å². The summed E-state index contributed by atoms with van der Waals surface area (Å²) < 4.78 is 0. The average Bonchev–Trinajstić information content (AvgIpc) is 2.06. The first-order valence-corrected chi connectivity index (χ1v) is 3.54. The summed E-state index contributed by atoms with van der Waals surface area (Å²) in [6.07, 6.45) is 1.49. The molecule has 6 nitrogen and oxygen atoms in total. The molecule has 2 rings (SSSR count). The van der Waals surface area contributed by atoms with E-state index in [1.807, 2.05) is 0 Å². The van der Waals surface area contributed by atoms with Crippen LogP contribution in [0.2, 0.25) is 0 Å². The van der Waals surface area contributed by atoms with Gasteiger partial charge in [-0.1, -0.05) is 0 Å². The van der Waals surface area contributed by atoms with Crippen LogP contribution < -0.4 is 11.5 Å². The van der Waals surface area contributed by atoms with Gasteiger partial charge in [0.15, 0.2) is 17.0 Å². The van der Waals surface area contributed by atoms with Gasteiger partial charge in [0.05, 0.1) is 11.9 Å². The summed E-state index contributed by atoms with van der Waals surface area (Å²) in [7, 11) is 0. The van der Waals surface area contributed by atoms with Crippen LogP contribution in [0.15, 0.2) is 6.20 Å². The first-order valence-electron chi connectivity index (χ1n) is 3.54. The highest BCUT2D eigenvalue weighted by atomic mass is 15.1. The minimum atomic E-state index is 0.0936. The fourth-order valence-electron chi connectivity index (χ4n) is 0.983. The van der Waals surface area contributed by atoms with Gasteiger partial charge in [-0.05, 0) is 6.92 Å². The molecule has 2 heterocycles. The molecule has 0 unspecified atom stereocenters. The van der Waals surface area contributed by atoms with Gasteiger partial charge >= 0.3 is 0 Å². The Hall–Kier alpha value is -1.98. The number of rotatable bonds is 0. The third-order valence-electron chi connectivity index (χ3n) is 1.50. The Morgan fingerprint density at radius 1 is 1.15 bits per heavy atom. The highest BCUT2D eigenvalue weighted by molar-refractivity contribution is 5.81. The van der Waals surface area contributed by atoms with Gasteiger partial charge in [0, 0.05) is 0 Å². The van der Waals surface area contributed by atoms with E-state index in [0.29, 0.717) is 16.9 Å². The van der Waals surface area contributed by atoms with Gasteiger partial charge in [-0.3, -0.25) is 0 Å². The van der Waals surface area contributed by atoms with Gasteiger partial charge < -0.3 is 11.5 Å². The van der Waals surface area contributed by atoms with Crippen molar-refractivity contribution in [1.29, 1.82) is 0 Å². The number of nitrogen functional groups attached to an aromatic ring is 2. The van der Waals surface area contributed by atoms with Crippen molar-refractivity contribution >= 4 is 22.9 Å². The van der Waals surface area contributed by atoms with Crippen molar-refractivity contribution in [2.24, 2.45) is 0 Å². The zero-order chi connectivity index (χ0) is 9.42. The van der Waals surface area contributed by atoms with Crippen LogP contribution in [-0.2, 0) is 0 Å². The normalized spacial score (nSPS) is 10.5. The molecule has 0 amide bonds. The second kappa shape index (κ2) is 2.51. The third-order valence-corrected chi connectivity index (χ3v) is 1.50. The quantitative estimate of drug-likeness (QED) is 0.573. The SMILES string of the molecule is [CH2]c1cnc2nc(N)nc(N)c2n1. The molecular formula is C7H7N6. The van der Waals surface area contributed by atoms with Crippen molar-refractivity contribution in [3.8, 4) is 0 Å². The maximum Gasteiger partial charge on any atom is 0.224 e. The Labute approximate surface area is 74.0 Å². The lowest BCUT2D eigenvalue weighted by Crippen LogP contribution is -2.03. The molecule has 0 fully saturated rings. The number of hydrogen-bond donors (Lipinski definition) is 2. The Morgan fingerprint density at radius 2 is 1.92 bits per heavy atom. The van der Waals surface area contributed by atoms with E-state index in [2.05, 4.69) is 26.9 Å². The van der Waals surface area contributed by atoms with Gasteiger partial charge in [0.1, 0.15) is 0 Å². The lowest BCUT2D eigenvalue weighted by atomic mass is 10.4. The second-order valence-corrected chi connectivity index (χ2v) is 2.50. The molecule has 0 aliphatic heterocycles. The van der Waals surface area contributed by atoms with E-state index in [1.54, 1.807) is 0 Å². The lowest BCUT2D eigenvalue weighted by molar-refractivity contribution is 1.15. The second-order valence-electron chi connectivity index (χ2n) is 2.50. The monoisotopic (exact) mass is 175 g/mol. The number of nitrogens with zero attached hydrogens (tertiary/aromatic N) is 4. The van der Waals surface area contributed by atoms with E-state index in [9.17, 15) is 0 Å². The number of aromatic nitrogens is 4. The van der Waals surface area contributed by atoms with Crippen molar-refractivity contribution in [3.63, 3.8) is 0 Å². The van der Waals surface area contributed by atoms with Crippen LogP contribution in [0.4, 0.5) is 11.8 Å². The Balaban J connectivity index is 2.87. The summed E-state index contributed by atoms with van der Waals surface area (Å²) in [6, 6.07) is 0. The minimum Gasteiger partial charge on any atom is -0.382 e. The maximum absolute atomic E-state index is 5.56. The van der Waals surface area contributed by atoms with Gasteiger partial charge in [-0.25, -0.2) is 9.97 Å². The van der Waals surface area contributed by atoms with Crippen LogP contribution >= 0.6 is 0 Å². The predicted molar refractivity (Wildman–Crippen MR) is 48.4 cm³/mol. The lowest BCUT2D eigenvalue weighted by Gasteiger charge is -2.00. The van der Waals surface area contributed by atoms with E-state index in [0.717, 1.165) is 0 Å². The van der Waals surface area contributed by atoms with E-state index in [1.165, 1.54) is 6.20 Å². The molecule has 0 atom stereocenters. The summed E-state index contributed by atoms with van der Waals surface area (Å²) in [5, 5.41) is 0. The topological polar surface area (TPSA) is 104 Å². The van der Waals surface area contributed by atoms with E-state index >= 15 is 0 Å². The molecule has 2 aromatic rings. The molecule has 0 saturated heterocycles. The first kappa shape index (κ1) is 7.66. The molecule has 13 heavy (non-hydrogen) atoms. The average molecular weight is 175 g/mol. The molecular weight excluding hydrogens is 168 g/mol. The highest BCUT2D eigenvalue weighted by Gasteiger charge is 2.05. The Bertz CT molecular complexity index is 466. The number of fused-ring (bicyclic) bond motifs is 1. The van der Waals surface area contributed by atoms with E-state index in [-0.39, 0.29) is 11.8 Å². The maximum atomic E-state index is 5.56. The molecule has 0 bridgehead atoms. The summed E-state index contributed by atoms with van der Waals surface area (Å²) in [5.74, 6) is 0.316. The van der Waals surface area contributed by atoms with Gasteiger partial charge in [0.2, 0.25) is 5.95 Å². The third kappa shape index (κ3) is 1.22. The summed E-state index contributed by atoms with van der Waals surface area (Å²) in [6.45, 7) is 3.62. The van der Waals surface area contributed by atoms with Gasteiger partial charge in [-0.2, -0.15) is 9.97 Å². The van der Waals surface area contributed by atoms with Crippen LogP contribution in [0.3, 0.4) is 0 Å². The molecule has 0 aliphatic rings. The smallest absolute Gasteiger partial charge is 0.224 e. The summed E-state index contributed by atoms with van der Waals surface area (Å²) >= 11 is 0. The van der Waals surface area contributed by atoms with Crippen molar-refractivity contribution in [2.75, 3.05) is 11.5 Å². The van der Waals surface area contributed by atoms with E-state index < -0.39 is 0 Å². The predicted octanol–water partition coefficient (Wildman–Crippen LogP) is -0.234. The van der Waals surface area contributed by atoms with Crippen molar-refractivity contribution in [2.45, 2.75) is 0 Å². The molecule has 0 aliphatic carbocycles. The molecule has 65 valence electrons. The zero-order valence-electron chi connectivity index (χ0n) is 6.73. The molecule has 4 N–H and O–H groups in total. The Morgan fingerprint density at radius 3 is 2.69 bits per heavy atom. The van der Waals surface area contributed by atoms with E-state index in [4.69, 9.17) is 11.5 Å². The molecule has 0 spiro atoms. The van der Waals surface area contributed by atoms with Crippen LogP contribution in [0.25, 0.3) is 11.2 Å². The summed E-state index contributed by atoms with van der Waals surface area (Å²) in [4.78, 5) is 15.6. The fourth-order valence-corrected chi connectivity index (χ4v) is 0.983. The molecule has 0 saturated carbocycles. The molecule has 0 aromatic carbocycles. The number of nitrogens with two attached hydrogens (primary N) is 2. The Kier molecular flexibility index (Phi) is 1.48. The number of hydrogen-bond acceptors (Lipinski definition) is 6. The zero-order valence-corrected chi connectivity index (χ0v) is 6.73. The largest absolute Gasteiger partial charge is 0.382 e. The molecule has 2 aromatic heterocycles. The van der Waals surface area contributed by atoms with Gasteiger partial charge in [-0.15, -0.1) is 0 Å². The molecule has 1 radical (unpaired) electrons. The minimum absolute atomic E-state index is 0.0936. The van der Waals surface area contributed by atoms with Crippen LogP contribution in [0.1, 0.15) is 5.69 Å². The first-order chi connectivity index (χ1) is 6.16. The van der Waals surface area contributed by atoms with Crippen molar-refractivity contribution in [3.05, 3.63) is 18.8 Å². The number of anilines is 2. The van der Waals surface area contributed by atoms with Crippen LogP contribution in [0, 0.1) is 6.92 Å². The fraction of sp³-hybridized carbons (Fsp3) is 0. The van der Waals surface area contributed by atoms with Crippen LogP contribution in [0.5, 0.6) is 0 Å². The summed E-state index contributed by atoms with van der Waals surface area (Å²) in [5.41, 5.74) is 12.3. The van der Waals surface area contributed by atoms with Crippen molar-refractivity contribution in [1.82, 2.24) is 19.9 Å². The van der Waals surface area contributed by atoms with Crippen molar-refractivity contribution < 1.29 is 0 Å². The molecule has 6 heteroatoms. The van der Waals surface area contributed by atoms with Crippen LogP contribution in [-0.4, -0.2) is 19.9 Å².